The predicted octanol–water partition coefficient (Wildman–Crippen LogP) is -2.25. The molecular formula is C31H41N9O7S2. The van der Waals surface area contributed by atoms with Gasteiger partial charge in [0, 0.05) is 49.2 Å². The van der Waals surface area contributed by atoms with Crippen LogP contribution < -0.4 is 32.3 Å². The molecule has 0 bridgehead atoms. The molecular weight excluding hydrogens is 675 g/mol. The normalized spacial score (nSPS) is 26.0. The molecule has 1 aromatic carbocycles. The highest BCUT2D eigenvalue weighted by Gasteiger charge is 2.40. The van der Waals surface area contributed by atoms with Gasteiger partial charge in [0.1, 0.15) is 36.3 Å². The third-order valence-electron chi connectivity index (χ3n) is 8.29. The van der Waals surface area contributed by atoms with Crippen molar-refractivity contribution >= 4 is 66.6 Å². The van der Waals surface area contributed by atoms with Crippen LogP contribution in [0.15, 0.2) is 42.9 Å². The van der Waals surface area contributed by atoms with E-state index in [1.165, 1.54) is 17.4 Å². The smallest absolute Gasteiger partial charge is 0.246 e. The molecule has 2 aliphatic rings. The summed E-state index contributed by atoms with van der Waals surface area (Å²) in [5.41, 5.74) is 6.58. The highest BCUT2D eigenvalue weighted by molar-refractivity contribution is 7.80. The van der Waals surface area contributed by atoms with Gasteiger partial charge < -0.3 is 42.2 Å². The van der Waals surface area contributed by atoms with Crippen LogP contribution in [0.1, 0.15) is 36.9 Å². The first-order chi connectivity index (χ1) is 23.5. The van der Waals surface area contributed by atoms with Gasteiger partial charge in [0.15, 0.2) is 0 Å². The zero-order valence-corrected chi connectivity index (χ0v) is 28.4. The van der Waals surface area contributed by atoms with Crippen molar-refractivity contribution in [3.05, 3.63) is 54.1 Å². The van der Waals surface area contributed by atoms with E-state index >= 15 is 0 Å². The number of aromatic amines is 1. The van der Waals surface area contributed by atoms with Gasteiger partial charge in [-0.25, -0.2) is 4.98 Å². The molecule has 18 heteroatoms. The van der Waals surface area contributed by atoms with Crippen LogP contribution in [0.2, 0.25) is 0 Å². The Morgan fingerprint density at radius 1 is 0.776 bits per heavy atom. The topological polar surface area (TPSA) is 238 Å². The maximum atomic E-state index is 14.0. The second-order valence-electron chi connectivity index (χ2n) is 11.8. The number of thiol groups is 2. The van der Waals surface area contributed by atoms with Crippen molar-refractivity contribution in [2.24, 2.45) is 5.73 Å². The van der Waals surface area contributed by atoms with Crippen molar-refractivity contribution in [3.63, 3.8) is 0 Å². The maximum absolute atomic E-state index is 14.0. The Balaban J connectivity index is 1.71. The monoisotopic (exact) mass is 715 g/mol. The van der Waals surface area contributed by atoms with Crippen LogP contribution in [0.25, 0.3) is 0 Å². The van der Waals surface area contributed by atoms with E-state index in [9.17, 15) is 33.6 Å². The number of nitrogens with zero attached hydrogens (tertiary/aromatic N) is 2. The Morgan fingerprint density at radius 3 is 1.94 bits per heavy atom. The van der Waals surface area contributed by atoms with Gasteiger partial charge in [-0.2, -0.15) is 25.3 Å². The Labute approximate surface area is 293 Å². The molecule has 2 fully saturated rings. The van der Waals surface area contributed by atoms with Crippen molar-refractivity contribution in [2.75, 3.05) is 18.1 Å². The van der Waals surface area contributed by atoms with E-state index in [0.717, 1.165) is 0 Å². The summed E-state index contributed by atoms with van der Waals surface area (Å²) in [7, 11) is 0. The molecule has 1 aromatic heterocycles. The number of carbonyl (C=O) groups is 7. The minimum atomic E-state index is -1.30. The minimum Gasteiger partial charge on any atom is -0.370 e. The molecule has 0 spiro atoms. The van der Waals surface area contributed by atoms with E-state index in [0.29, 0.717) is 17.7 Å². The van der Waals surface area contributed by atoms with Crippen molar-refractivity contribution < 1.29 is 33.6 Å². The predicted molar refractivity (Wildman–Crippen MR) is 183 cm³/mol. The highest BCUT2D eigenvalue weighted by atomic mass is 32.1. The van der Waals surface area contributed by atoms with Crippen molar-refractivity contribution in [3.8, 4) is 0 Å². The van der Waals surface area contributed by atoms with Gasteiger partial charge >= 0.3 is 0 Å². The molecule has 16 nitrogen and oxygen atoms in total. The molecule has 6 atom stereocenters. The molecule has 4 rings (SSSR count). The lowest BCUT2D eigenvalue weighted by Crippen LogP contribution is -2.62. The number of nitrogens with one attached hydrogen (secondary N) is 6. The van der Waals surface area contributed by atoms with Gasteiger partial charge in [-0.15, -0.1) is 0 Å². The summed E-state index contributed by atoms with van der Waals surface area (Å²) in [6, 6.07) is 1.64. The summed E-state index contributed by atoms with van der Waals surface area (Å²) in [5, 5.41) is 13.2. The lowest BCUT2D eigenvalue weighted by atomic mass is 10.0. The first-order valence-corrected chi connectivity index (χ1v) is 17.1. The van der Waals surface area contributed by atoms with Gasteiger partial charge in [0.25, 0.3) is 0 Å². The quantitative estimate of drug-likeness (QED) is 0.128. The zero-order valence-electron chi connectivity index (χ0n) is 26.6. The van der Waals surface area contributed by atoms with Crippen LogP contribution in [0.5, 0.6) is 0 Å². The number of primary amides is 1. The average Bonchev–Trinajstić information content (AvgIpc) is 3.79. The first kappa shape index (κ1) is 37.2. The van der Waals surface area contributed by atoms with Gasteiger partial charge in [0.2, 0.25) is 41.4 Å². The van der Waals surface area contributed by atoms with E-state index in [1.54, 1.807) is 30.3 Å². The summed E-state index contributed by atoms with van der Waals surface area (Å²) in [6.45, 7) is 0.195. The van der Waals surface area contributed by atoms with Crippen molar-refractivity contribution in [1.82, 2.24) is 41.5 Å². The Bertz CT molecular complexity index is 1510. The van der Waals surface area contributed by atoms with Crippen LogP contribution in [0.4, 0.5) is 0 Å². The Hall–Kier alpha value is -4.58. The lowest BCUT2D eigenvalue weighted by Gasteiger charge is -2.31. The molecule has 0 radical (unpaired) electrons. The maximum Gasteiger partial charge on any atom is 0.246 e. The largest absolute Gasteiger partial charge is 0.370 e. The van der Waals surface area contributed by atoms with E-state index < -0.39 is 77.6 Å². The van der Waals surface area contributed by atoms with Gasteiger partial charge in [-0.1, -0.05) is 30.3 Å². The molecule has 2 saturated heterocycles. The number of fused-ring (bicyclic) bond motifs is 1. The van der Waals surface area contributed by atoms with E-state index in [4.69, 9.17) is 5.73 Å². The van der Waals surface area contributed by atoms with Crippen LogP contribution in [0.3, 0.4) is 0 Å². The summed E-state index contributed by atoms with van der Waals surface area (Å²) >= 11 is 8.47. The first-order valence-electron chi connectivity index (χ1n) is 15.8. The number of H-pyrrole nitrogens is 1. The van der Waals surface area contributed by atoms with Gasteiger partial charge in [0.05, 0.1) is 6.33 Å². The molecule has 2 aliphatic heterocycles. The van der Waals surface area contributed by atoms with Crippen molar-refractivity contribution in [2.45, 2.75) is 74.8 Å². The number of benzene rings is 1. The molecule has 3 heterocycles. The van der Waals surface area contributed by atoms with E-state index in [2.05, 4.69) is 61.8 Å². The number of nitrogens with two attached hydrogens (primary N) is 1. The number of carbonyl (C=O) groups excluding carboxylic acids is 7. The zero-order chi connectivity index (χ0) is 35.5. The fourth-order valence-electron chi connectivity index (χ4n) is 5.68. The van der Waals surface area contributed by atoms with E-state index in [-0.39, 0.29) is 50.2 Å². The summed E-state index contributed by atoms with van der Waals surface area (Å²) < 4.78 is 0. The molecule has 49 heavy (non-hydrogen) atoms. The molecule has 0 unspecified atom stereocenters. The third-order valence-corrected chi connectivity index (χ3v) is 9.02. The number of hydrogen-bond acceptors (Lipinski definition) is 10. The highest BCUT2D eigenvalue weighted by Crippen LogP contribution is 2.20. The molecule has 0 aliphatic carbocycles. The molecule has 264 valence electrons. The number of amides is 7. The standard InChI is InChI=1S/C31H41N9O7S2/c32-25(41)9-8-19-26(42)36-20(11-17-5-2-1-3-6-17)27(43)38-23(15-49)29(45)39-22(14-48)28(44)37-21(12-18-13-33-16-34-18)31(47)40-10-4-7-24(40)30(46)35-19/h1-3,5-6,13,16,19-24,48-49H,4,7-12,14-15H2,(H2,32,41)(H,33,34)(H,35,46)(H,36,42)(H,37,44)(H,38,43)(H,39,45)/t19-,20-,21-,22-,23-,24-/m0/s1. The van der Waals surface area contributed by atoms with Gasteiger partial charge in [-0.3, -0.25) is 33.6 Å². The van der Waals surface area contributed by atoms with Crippen LogP contribution in [-0.4, -0.2) is 111 Å². The second kappa shape index (κ2) is 17.7. The fourth-order valence-corrected chi connectivity index (χ4v) is 6.19. The number of hydrogen-bond donors (Lipinski definition) is 9. The van der Waals surface area contributed by atoms with Crippen LogP contribution >= 0.6 is 25.3 Å². The summed E-state index contributed by atoms with van der Waals surface area (Å²) in [6.07, 6.45) is 3.21. The average molecular weight is 716 g/mol. The molecule has 7 amide bonds. The Morgan fingerprint density at radius 2 is 1.35 bits per heavy atom. The third kappa shape index (κ3) is 10.2. The second-order valence-corrected chi connectivity index (χ2v) is 12.6. The fraction of sp³-hybridized carbons (Fsp3) is 0.484. The lowest BCUT2D eigenvalue weighted by molar-refractivity contribution is -0.142. The molecule has 8 N–H and O–H groups in total. The SMILES string of the molecule is NC(=O)CC[C@@H]1NC(=O)[C@@H]2CCCN2C(=O)[C@H](Cc2cnc[nH]2)NC(=O)[C@H](CS)NC(=O)[C@H](CS)NC(=O)[C@H](Cc2ccccc2)NC1=O. The minimum absolute atomic E-state index is 0.00951. The van der Waals surface area contributed by atoms with Crippen LogP contribution in [-0.2, 0) is 46.4 Å². The van der Waals surface area contributed by atoms with Crippen LogP contribution in [0, 0.1) is 0 Å². The number of rotatable bonds is 9. The summed E-state index contributed by atoms with van der Waals surface area (Å²) in [4.78, 5) is 102. The molecule has 2 aromatic rings. The van der Waals surface area contributed by atoms with E-state index in [1.807, 2.05) is 0 Å². The Kier molecular flexibility index (Phi) is 13.5. The molecule has 0 saturated carbocycles. The summed E-state index contributed by atoms with van der Waals surface area (Å²) in [5.74, 6) is -5.20. The number of imidazole rings is 1. The van der Waals surface area contributed by atoms with Crippen molar-refractivity contribution in [1.29, 1.82) is 0 Å². The number of aromatic nitrogens is 2. The van der Waals surface area contributed by atoms with Gasteiger partial charge in [-0.05, 0) is 24.8 Å².